The first-order valence-corrected chi connectivity index (χ1v) is 6.12. The number of alkyl carbamates (subject to hydrolysis) is 1. The Morgan fingerprint density at radius 2 is 2.11 bits per heavy atom. The van der Waals surface area contributed by atoms with Crippen LogP contribution in [0.3, 0.4) is 0 Å². The quantitative estimate of drug-likeness (QED) is 0.590. The molecule has 0 aliphatic heterocycles. The molecule has 6 heteroatoms. The van der Waals surface area contributed by atoms with Crippen molar-refractivity contribution in [2.24, 2.45) is 5.92 Å². The molecule has 1 aliphatic rings. The number of ether oxygens (including phenoxy) is 2. The van der Waals surface area contributed by atoms with Crippen LogP contribution in [-0.2, 0) is 14.3 Å². The summed E-state index contributed by atoms with van der Waals surface area (Å²) in [6, 6.07) is 0. The monoisotopic (exact) mass is 271 g/mol. The summed E-state index contributed by atoms with van der Waals surface area (Å²) in [6.07, 6.45) is 2.98. The maximum Gasteiger partial charge on any atom is 0.408 e. The minimum absolute atomic E-state index is 0.263. The summed E-state index contributed by atoms with van der Waals surface area (Å²) < 4.78 is 9.89. The van der Waals surface area contributed by atoms with E-state index in [0.29, 0.717) is 0 Å². The Bertz CT molecular complexity index is 385. The number of aliphatic hydroxyl groups is 1. The Hall–Kier alpha value is -1.56. The van der Waals surface area contributed by atoms with Crippen LogP contribution in [0, 0.1) is 5.92 Å². The van der Waals surface area contributed by atoms with Crippen LogP contribution in [-0.4, -0.2) is 42.0 Å². The van der Waals surface area contributed by atoms with Crippen molar-refractivity contribution < 1.29 is 24.2 Å². The molecule has 1 aliphatic carbocycles. The topological polar surface area (TPSA) is 84.9 Å². The van der Waals surface area contributed by atoms with Gasteiger partial charge in [-0.1, -0.05) is 12.2 Å². The maximum absolute atomic E-state index is 12.0. The number of methoxy groups -OCH3 is 1. The van der Waals surface area contributed by atoms with Gasteiger partial charge in [0, 0.05) is 12.3 Å². The number of nitrogens with one attached hydrogen (secondary N) is 1. The molecule has 108 valence electrons. The highest BCUT2D eigenvalue weighted by atomic mass is 16.6. The van der Waals surface area contributed by atoms with E-state index in [1.807, 2.05) is 0 Å². The summed E-state index contributed by atoms with van der Waals surface area (Å²) in [4.78, 5) is 23.8. The maximum atomic E-state index is 12.0. The molecular formula is C13H21NO5. The van der Waals surface area contributed by atoms with Gasteiger partial charge in [0.25, 0.3) is 0 Å². The van der Waals surface area contributed by atoms with Gasteiger partial charge in [0.15, 0.2) is 5.54 Å². The number of carbonyl (C=O) groups excluding carboxylic acids is 2. The second-order valence-electron chi connectivity index (χ2n) is 5.51. The van der Waals surface area contributed by atoms with Crippen molar-refractivity contribution in [3.05, 3.63) is 12.2 Å². The zero-order chi connectivity index (χ0) is 14.7. The molecule has 0 aromatic heterocycles. The molecule has 0 bridgehead atoms. The third kappa shape index (κ3) is 3.47. The lowest BCUT2D eigenvalue weighted by molar-refractivity contribution is -0.150. The molecule has 2 atom stereocenters. The van der Waals surface area contributed by atoms with Crippen LogP contribution in [0.4, 0.5) is 4.79 Å². The van der Waals surface area contributed by atoms with Crippen molar-refractivity contribution in [2.75, 3.05) is 13.7 Å². The minimum atomic E-state index is -1.29. The van der Waals surface area contributed by atoms with Crippen molar-refractivity contribution in [1.82, 2.24) is 5.32 Å². The SMILES string of the molecule is COC(=O)[C@@]1(NC(=O)OC(C)(C)C)CC=C[C@@H]1CO. The summed E-state index contributed by atoms with van der Waals surface area (Å²) in [7, 11) is 1.24. The van der Waals surface area contributed by atoms with Gasteiger partial charge >= 0.3 is 12.1 Å². The molecule has 1 amide bonds. The van der Waals surface area contributed by atoms with E-state index in [1.54, 1.807) is 32.9 Å². The van der Waals surface area contributed by atoms with Crippen LogP contribution in [0.1, 0.15) is 27.2 Å². The van der Waals surface area contributed by atoms with Crippen LogP contribution in [0.2, 0.25) is 0 Å². The van der Waals surface area contributed by atoms with Crippen LogP contribution in [0.5, 0.6) is 0 Å². The zero-order valence-corrected chi connectivity index (χ0v) is 11.7. The highest BCUT2D eigenvalue weighted by molar-refractivity contribution is 5.87. The Kier molecular flexibility index (Phi) is 4.57. The van der Waals surface area contributed by atoms with Gasteiger partial charge in [0.2, 0.25) is 0 Å². The number of amides is 1. The Morgan fingerprint density at radius 1 is 1.47 bits per heavy atom. The van der Waals surface area contributed by atoms with Crippen molar-refractivity contribution in [2.45, 2.75) is 38.3 Å². The van der Waals surface area contributed by atoms with E-state index in [9.17, 15) is 14.7 Å². The van der Waals surface area contributed by atoms with Gasteiger partial charge < -0.3 is 19.9 Å². The second-order valence-corrected chi connectivity index (χ2v) is 5.51. The first kappa shape index (κ1) is 15.5. The summed E-state index contributed by atoms with van der Waals surface area (Å²) in [5.74, 6) is -1.12. The Morgan fingerprint density at radius 3 is 2.58 bits per heavy atom. The van der Waals surface area contributed by atoms with E-state index in [1.165, 1.54) is 7.11 Å². The largest absolute Gasteiger partial charge is 0.467 e. The molecular weight excluding hydrogens is 250 g/mol. The summed E-state index contributed by atoms with van der Waals surface area (Å²) in [5.41, 5.74) is -1.95. The fourth-order valence-electron chi connectivity index (χ4n) is 2.05. The molecule has 0 unspecified atom stereocenters. The average molecular weight is 271 g/mol. The van der Waals surface area contributed by atoms with Crippen LogP contribution < -0.4 is 5.32 Å². The van der Waals surface area contributed by atoms with Crippen molar-refractivity contribution >= 4 is 12.1 Å². The van der Waals surface area contributed by atoms with E-state index in [4.69, 9.17) is 9.47 Å². The number of rotatable bonds is 3. The third-order valence-electron chi connectivity index (χ3n) is 2.91. The van der Waals surface area contributed by atoms with Gasteiger partial charge in [-0.25, -0.2) is 9.59 Å². The first-order chi connectivity index (χ1) is 8.75. The number of carbonyl (C=O) groups is 2. The van der Waals surface area contributed by atoms with E-state index < -0.39 is 29.1 Å². The Balaban J connectivity index is 2.89. The lowest BCUT2D eigenvalue weighted by atomic mass is 9.87. The number of esters is 1. The molecule has 0 radical (unpaired) electrons. The molecule has 1 rings (SSSR count). The van der Waals surface area contributed by atoms with Gasteiger partial charge in [0.1, 0.15) is 5.60 Å². The van der Waals surface area contributed by atoms with Crippen LogP contribution in [0.25, 0.3) is 0 Å². The Labute approximate surface area is 112 Å². The molecule has 2 N–H and O–H groups in total. The molecule has 0 saturated carbocycles. The second kappa shape index (κ2) is 5.61. The normalized spacial score (nSPS) is 26.1. The fourth-order valence-corrected chi connectivity index (χ4v) is 2.05. The molecule has 0 fully saturated rings. The van der Waals surface area contributed by atoms with E-state index in [0.717, 1.165) is 0 Å². The van der Waals surface area contributed by atoms with Crippen molar-refractivity contribution in [3.8, 4) is 0 Å². The van der Waals surface area contributed by atoms with Crippen molar-refractivity contribution in [1.29, 1.82) is 0 Å². The van der Waals surface area contributed by atoms with E-state index in [2.05, 4.69) is 5.32 Å². The van der Waals surface area contributed by atoms with Crippen LogP contribution >= 0.6 is 0 Å². The standard InChI is InChI=1S/C13H21NO5/c1-12(2,3)19-11(17)14-13(10(16)18-4)7-5-6-9(13)8-15/h5-6,9,15H,7-8H2,1-4H3,(H,14,17)/t9-,13-/m1/s1. The van der Waals surface area contributed by atoms with E-state index >= 15 is 0 Å². The summed E-state index contributed by atoms with van der Waals surface area (Å²) in [6.45, 7) is 4.93. The molecule has 0 saturated heterocycles. The van der Waals surface area contributed by atoms with Gasteiger partial charge in [-0.3, -0.25) is 0 Å². The zero-order valence-electron chi connectivity index (χ0n) is 11.7. The van der Waals surface area contributed by atoms with E-state index in [-0.39, 0.29) is 13.0 Å². The predicted molar refractivity (Wildman–Crippen MR) is 68.4 cm³/mol. The molecule has 6 nitrogen and oxygen atoms in total. The summed E-state index contributed by atoms with van der Waals surface area (Å²) >= 11 is 0. The number of aliphatic hydroxyl groups excluding tert-OH is 1. The highest BCUT2D eigenvalue weighted by Gasteiger charge is 2.49. The van der Waals surface area contributed by atoms with Crippen LogP contribution in [0.15, 0.2) is 12.2 Å². The van der Waals surface area contributed by atoms with Crippen molar-refractivity contribution in [3.63, 3.8) is 0 Å². The lowest BCUT2D eigenvalue weighted by Gasteiger charge is -2.33. The lowest BCUT2D eigenvalue weighted by Crippen LogP contribution is -2.59. The third-order valence-corrected chi connectivity index (χ3v) is 2.91. The van der Waals surface area contributed by atoms with Gasteiger partial charge in [-0.2, -0.15) is 0 Å². The predicted octanol–water partition coefficient (Wildman–Crippen LogP) is 0.991. The van der Waals surface area contributed by atoms with Gasteiger partial charge in [-0.05, 0) is 20.8 Å². The molecule has 0 heterocycles. The molecule has 0 aromatic carbocycles. The van der Waals surface area contributed by atoms with Gasteiger partial charge in [-0.15, -0.1) is 0 Å². The number of hydrogen-bond acceptors (Lipinski definition) is 5. The number of hydrogen-bond donors (Lipinski definition) is 2. The molecule has 0 aromatic rings. The minimum Gasteiger partial charge on any atom is -0.467 e. The molecule has 0 spiro atoms. The highest BCUT2D eigenvalue weighted by Crippen LogP contribution is 2.31. The fraction of sp³-hybridized carbons (Fsp3) is 0.692. The van der Waals surface area contributed by atoms with Gasteiger partial charge in [0.05, 0.1) is 13.7 Å². The molecule has 19 heavy (non-hydrogen) atoms. The average Bonchev–Trinajstić information content (AvgIpc) is 2.69. The smallest absolute Gasteiger partial charge is 0.408 e. The summed E-state index contributed by atoms with van der Waals surface area (Å²) in [5, 5.41) is 11.9. The first-order valence-electron chi connectivity index (χ1n) is 6.12.